The minimum Gasteiger partial charge on any atom is -0.228 e. The molecule has 1 fully saturated rings. The second-order valence-electron chi connectivity index (χ2n) is 4.09. The Bertz CT molecular complexity index is 444. The lowest BCUT2D eigenvalue weighted by molar-refractivity contribution is 0.235. The maximum atomic E-state index is 12.0. The standard InChI is InChI=1S/C11H16N2O2S/c1-10-6-5-9-13(10)12-16(14,15)11-7-3-2-4-8-11/h2-4,7-8,10,12H,5-6,9H2,1H3. The van der Waals surface area contributed by atoms with Gasteiger partial charge in [0.2, 0.25) is 0 Å². The molecule has 0 aromatic heterocycles. The summed E-state index contributed by atoms with van der Waals surface area (Å²) in [6.45, 7) is 2.81. The van der Waals surface area contributed by atoms with Crippen LogP contribution in [0.15, 0.2) is 35.2 Å². The summed E-state index contributed by atoms with van der Waals surface area (Å²) in [6.07, 6.45) is 2.08. The Balaban J connectivity index is 2.15. The molecule has 1 aliphatic heterocycles. The summed E-state index contributed by atoms with van der Waals surface area (Å²) in [5, 5.41) is 1.79. The summed E-state index contributed by atoms with van der Waals surface area (Å²) in [7, 11) is -3.40. The highest BCUT2D eigenvalue weighted by Crippen LogP contribution is 2.16. The summed E-state index contributed by atoms with van der Waals surface area (Å²) in [5.41, 5.74) is 0. The Morgan fingerprint density at radius 3 is 2.56 bits per heavy atom. The average molecular weight is 240 g/mol. The third-order valence-corrected chi connectivity index (χ3v) is 4.21. The minimum absolute atomic E-state index is 0.276. The molecule has 0 radical (unpaired) electrons. The molecule has 1 aromatic rings. The molecule has 1 unspecified atom stereocenters. The van der Waals surface area contributed by atoms with Crippen LogP contribution in [0.5, 0.6) is 0 Å². The van der Waals surface area contributed by atoms with Gasteiger partial charge in [0.25, 0.3) is 10.0 Å². The normalized spacial score (nSPS) is 22.4. The lowest BCUT2D eigenvalue weighted by Gasteiger charge is -2.21. The zero-order chi connectivity index (χ0) is 11.6. The molecular weight excluding hydrogens is 224 g/mol. The summed E-state index contributed by atoms with van der Waals surface area (Å²) in [6, 6.07) is 8.73. The van der Waals surface area contributed by atoms with Crippen LogP contribution in [-0.2, 0) is 10.0 Å². The molecule has 0 spiro atoms. The van der Waals surface area contributed by atoms with Crippen molar-refractivity contribution in [2.75, 3.05) is 6.54 Å². The van der Waals surface area contributed by atoms with Gasteiger partial charge in [0.05, 0.1) is 4.90 Å². The highest BCUT2D eigenvalue weighted by Gasteiger charge is 2.25. The topological polar surface area (TPSA) is 49.4 Å². The van der Waals surface area contributed by atoms with Crippen LogP contribution in [0.2, 0.25) is 0 Å². The summed E-state index contributed by atoms with van der Waals surface area (Å²) in [4.78, 5) is 2.94. The Morgan fingerprint density at radius 1 is 1.31 bits per heavy atom. The molecule has 0 amide bonds. The lowest BCUT2D eigenvalue weighted by Crippen LogP contribution is -2.43. The Hall–Kier alpha value is -0.910. The largest absolute Gasteiger partial charge is 0.253 e. The molecule has 4 nitrogen and oxygen atoms in total. The molecule has 88 valence electrons. The van der Waals surface area contributed by atoms with Crippen molar-refractivity contribution in [3.05, 3.63) is 30.3 Å². The monoisotopic (exact) mass is 240 g/mol. The van der Waals surface area contributed by atoms with Crippen molar-refractivity contribution in [3.63, 3.8) is 0 Å². The van der Waals surface area contributed by atoms with Crippen molar-refractivity contribution >= 4 is 10.0 Å². The molecule has 1 heterocycles. The van der Waals surface area contributed by atoms with Gasteiger partial charge in [-0.3, -0.25) is 0 Å². The highest BCUT2D eigenvalue weighted by atomic mass is 32.2. The van der Waals surface area contributed by atoms with E-state index in [1.807, 2.05) is 6.92 Å². The first-order valence-corrected chi connectivity index (χ1v) is 6.92. The second kappa shape index (κ2) is 4.53. The van der Waals surface area contributed by atoms with E-state index < -0.39 is 10.0 Å². The first-order chi connectivity index (χ1) is 7.59. The van der Waals surface area contributed by atoms with Gasteiger partial charge >= 0.3 is 0 Å². The van der Waals surface area contributed by atoms with Crippen LogP contribution in [0.1, 0.15) is 19.8 Å². The number of benzene rings is 1. The van der Waals surface area contributed by atoms with Crippen LogP contribution in [0.4, 0.5) is 0 Å². The fourth-order valence-electron chi connectivity index (χ4n) is 1.88. The van der Waals surface area contributed by atoms with Crippen LogP contribution < -0.4 is 4.83 Å². The van der Waals surface area contributed by atoms with E-state index in [1.165, 1.54) is 0 Å². The predicted octanol–water partition coefficient (Wildman–Crippen LogP) is 1.36. The molecule has 2 rings (SSSR count). The number of nitrogens with zero attached hydrogens (tertiary/aromatic N) is 1. The number of hydrogen-bond donors (Lipinski definition) is 1. The molecule has 1 atom stereocenters. The number of nitrogens with one attached hydrogen (secondary N) is 1. The summed E-state index contributed by atoms with van der Waals surface area (Å²) in [5.74, 6) is 0. The fourth-order valence-corrected chi connectivity index (χ4v) is 3.08. The van der Waals surface area contributed by atoms with Crippen molar-refractivity contribution < 1.29 is 8.42 Å². The molecule has 1 saturated heterocycles. The first kappa shape index (κ1) is 11.6. The van der Waals surface area contributed by atoms with E-state index in [0.29, 0.717) is 4.90 Å². The van der Waals surface area contributed by atoms with Gasteiger partial charge in [-0.1, -0.05) is 18.2 Å². The zero-order valence-corrected chi connectivity index (χ0v) is 10.1. The Labute approximate surface area is 96.3 Å². The van der Waals surface area contributed by atoms with Crippen LogP contribution >= 0.6 is 0 Å². The SMILES string of the molecule is CC1CCCN1NS(=O)(=O)c1ccccc1. The van der Waals surface area contributed by atoms with Crippen molar-refractivity contribution in [2.45, 2.75) is 30.7 Å². The average Bonchev–Trinajstić information content (AvgIpc) is 2.65. The highest BCUT2D eigenvalue weighted by molar-refractivity contribution is 7.89. The second-order valence-corrected chi connectivity index (χ2v) is 5.75. The third-order valence-electron chi connectivity index (χ3n) is 2.84. The fraction of sp³-hybridized carbons (Fsp3) is 0.455. The first-order valence-electron chi connectivity index (χ1n) is 5.44. The van der Waals surface area contributed by atoms with Crippen LogP contribution in [0.25, 0.3) is 0 Å². The maximum Gasteiger partial charge on any atom is 0.253 e. The van der Waals surface area contributed by atoms with Gasteiger partial charge in [-0.05, 0) is 31.9 Å². The van der Waals surface area contributed by atoms with Crippen LogP contribution in [0, 0.1) is 0 Å². The van der Waals surface area contributed by atoms with E-state index in [4.69, 9.17) is 0 Å². The minimum atomic E-state index is -3.40. The quantitative estimate of drug-likeness (QED) is 0.868. The third kappa shape index (κ3) is 2.42. The van der Waals surface area contributed by atoms with E-state index in [9.17, 15) is 8.42 Å². The molecule has 1 N–H and O–H groups in total. The van der Waals surface area contributed by atoms with Crippen LogP contribution in [-0.4, -0.2) is 26.0 Å². The molecule has 16 heavy (non-hydrogen) atoms. The Kier molecular flexibility index (Phi) is 3.28. The van der Waals surface area contributed by atoms with Crippen molar-refractivity contribution in [1.29, 1.82) is 0 Å². The van der Waals surface area contributed by atoms with E-state index in [-0.39, 0.29) is 6.04 Å². The van der Waals surface area contributed by atoms with Gasteiger partial charge in [-0.25, -0.2) is 13.4 Å². The van der Waals surface area contributed by atoms with E-state index >= 15 is 0 Å². The maximum absolute atomic E-state index is 12.0. The predicted molar refractivity (Wildman–Crippen MR) is 62.2 cm³/mol. The molecular formula is C11H16N2O2S. The van der Waals surface area contributed by atoms with E-state index in [2.05, 4.69) is 4.83 Å². The smallest absolute Gasteiger partial charge is 0.228 e. The van der Waals surface area contributed by atoms with E-state index in [1.54, 1.807) is 35.3 Å². The van der Waals surface area contributed by atoms with Crippen molar-refractivity contribution in [3.8, 4) is 0 Å². The molecule has 1 aliphatic rings. The summed E-state index contributed by atoms with van der Waals surface area (Å²) >= 11 is 0. The zero-order valence-electron chi connectivity index (χ0n) is 9.26. The number of sulfonamides is 1. The number of rotatable bonds is 3. The molecule has 0 bridgehead atoms. The van der Waals surface area contributed by atoms with Gasteiger partial charge in [-0.2, -0.15) is 0 Å². The van der Waals surface area contributed by atoms with Gasteiger partial charge < -0.3 is 0 Å². The molecule has 0 aliphatic carbocycles. The van der Waals surface area contributed by atoms with Crippen LogP contribution in [0.3, 0.4) is 0 Å². The van der Waals surface area contributed by atoms with E-state index in [0.717, 1.165) is 19.4 Å². The van der Waals surface area contributed by atoms with Gasteiger partial charge in [0, 0.05) is 12.6 Å². The van der Waals surface area contributed by atoms with Gasteiger partial charge in [0.1, 0.15) is 0 Å². The number of hydrazine groups is 1. The number of hydrogen-bond acceptors (Lipinski definition) is 3. The molecule has 0 saturated carbocycles. The van der Waals surface area contributed by atoms with Crippen molar-refractivity contribution in [1.82, 2.24) is 9.84 Å². The van der Waals surface area contributed by atoms with Gasteiger partial charge in [0.15, 0.2) is 0 Å². The van der Waals surface area contributed by atoms with Crippen molar-refractivity contribution in [2.24, 2.45) is 0 Å². The summed E-state index contributed by atoms with van der Waals surface area (Å²) < 4.78 is 24.0. The Morgan fingerprint density at radius 2 is 2.00 bits per heavy atom. The molecule has 5 heteroatoms. The van der Waals surface area contributed by atoms with Gasteiger partial charge in [-0.15, -0.1) is 4.83 Å². The lowest BCUT2D eigenvalue weighted by atomic mass is 10.3. The molecule has 1 aromatic carbocycles.